The summed E-state index contributed by atoms with van der Waals surface area (Å²) in [6.45, 7) is 0. The van der Waals surface area contributed by atoms with Crippen LogP contribution in [0.25, 0.3) is 0 Å². The lowest BCUT2D eigenvalue weighted by Gasteiger charge is -2.23. The van der Waals surface area contributed by atoms with Crippen LogP contribution in [0.3, 0.4) is 0 Å². The van der Waals surface area contributed by atoms with Crippen molar-refractivity contribution in [2.24, 2.45) is 0 Å². The van der Waals surface area contributed by atoms with Gasteiger partial charge in [-0.15, -0.1) is 0 Å². The molecular formula is C18H17FN2O5. The van der Waals surface area contributed by atoms with Crippen molar-refractivity contribution in [1.29, 1.82) is 0 Å². The summed E-state index contributed by atoms with van der Waals surface area (Å²) in [7, 11) is 3.74. The molecule has 0 fully saturated rings. The fourth-order valence-electron chi connectivity index (χ4n) is 2.34. The first-order valence-corrected chi connectivity index (χ1v) is 7.51. The van der Waals surface area contributed by atoms with Gasteiger partial charge < -0.3 is 19.7 Å². The highest BCUT2D eigenvalue weighted by Gasteiger charge is 2.29. The van der Waals surface area contributed by atoms with E-state index >= 15 is 0 Å². The molecule has 0 unspecified atom stereocenters. The Balaban J connectivity index is 2.63. The average molecular weight is 360 g/mol. The van der Waals surface area contributed by atoms with E-state index in [0.29, 0.717) is 0 Å². The maximum Gasteiger partial charge on any atom is 0.355 e. The number of ether oxygens (including phenoxy) is 2. The SMILES string of the molecule is CNC(=O)c1ccc(N2C=CC=CC(C(=O)OC)=C2C(=O)OC)c(F)c1. The van der Waals surface area contributed by atoms with Crippen LogP contribution in [0.2, 0.25) is 0 Å². The predicted molar refractivity (Wildman–Crippen MR) is 91.6 cm³/mol. The Morgan fingerprint density at radius 2 is 1.77 bits per heavy atom. The van der Waals surface area contributed by atoms with E-state index in [1.54, 1.807) is 0 Å². The normalized spacial score (nSPS) is 13.3. The molecule has 0 aromatic heterocycles. The fraction of sp³-hybridized carbons (Fsp3) is 0.167. The molecule has 0 bridgehead atoms. The van der Waals surface area contributed by atoms with Crippen molar-refractivity contribution in [3.63, 3.8) is 0 Å². The van der Waals surface area contributed by atoms with Gasteiger partial charge in [0.25, 0.3) is 5.91 Å². The Kier molecular flexibility index (Phi) is 5.90. The summed E-state index contributed by atoms with van der Waals surface area (Å²) in [6.07, 6.45) is 5.79. The number of esters is 2. The fourth-order valence-corrected chi connectivity index (χ4v) is 2.34. The van der Waals surface area contributed by atoms with Gasteiger partial charge in [-0.25, -0.2) is 14.0 Å². The van der Waals surface area contributed by atoms with Gasteiger partial charge in [0.1, 0.15) is 11.5 Å². The molecular weight excluding hydrogens is 343 g/mol. The lowest BCUT2D eigenvalue weighted by Crippen LogP contribution is -2.27. The topological polar surface area (TPSA) is 84.9 Å². The van der Waals surface area contributed by atoms with Crippen LogP contribution in [0.5, 0.6) is 0 Å². The summed E-state index contributed by atoms with van der Waals surface area (Å²) in [5, 5.41) is 2.40. The van der Waals surface area contributed by atoms with Crippen LogP contribution in [-0.2, 0) is 19.1 Å². The van der Waals surface area contributed by atoms with E-state index in [1.807, 2.05) is 0 Å². The molecule has 1 aromatic rings. The molecule has 0 radical (unpaired) electrons. The third kappa shape index (κ3) is 3.64. The van der Waals surface area contributed by atoms with Crippen LogP contribution in [-0.4, -0.2) is 39.1 Å². The zero-order valence-electron chi connectivity index (χ0n) is 14.4. The Bertz CT molecular complexity index is 842. The van der Waals surface area contributed by atoms with E-state index in [9.17, 15) is 18.8 Å². The first-order valence-electron chi connectivity index (χ1n) is 7.51. The van der Waals surface area contributed by atoms with Gasteiger partial charge in [0, 0.05) is 18.8 Å². The molecule has 1 amide bonds. The number of anilines is 1. The highest BCUT2D eigenvalue weighted by atomic mass is 19.1. The summed E-state index contributed by atoms with van der Waals surface area (Å²) >= 11 is 0. The molecule has 1 N–H and O–H groups in total. The molecule has 0 spiro atoms. The molecule has 1 aliphatic rings. The molecule has 0 saturated heterocycles. The van der Waals surface area contributed by atoms with Gasteiger partial charge >= 0.3 is 11.9 Å². The smallest absolute Gasteiger partial charge is 0.355 e. The molecule has 26 heavy (non-hydrogen) atoms. The molecule has 2 rings (SSSR count). The van der Waals surface area contributed by atoms with E-state index in [2.05, 4.69) is 5.32 Å². The molecule has 7 nitrogen and oxygen atoms in total. The summed E-state index contributed by atoms with van der Waals surface area (Å²) in [6, 6.07) is 3.76. The number of nitrogens with one attached hydrogen (secondary N) is 1. The Morgan fingerprint density at radius 1 is 1.08 bits per heavy atom. The zero-order valence-corrected chi connectivity index (χ0v) is 14.4. The van der Waals surface area contributed by atoms with Crippen molar-refractivity contribution in [2.75, 3.05) is 26.2 Å². The van der Waals surface area contributed by atoms with Crippen molar-refractivity contribution >= 4 is 23.5 Å². The van der Waals surface area contributed by atoms with Crippen molar-refractivity contribution in [3.05, 3.63) is 65.3 Å². The van der Waals surface area contributed by atoms with Gasteiger partial charge in [0.05, 0.1) is 25.5 Å². The standard InChI is InChI=1S/C18H17FN2O5/c1-20-16(22)11-7-8-14(13(19)10-11)21-9-5-4-6-12(17(23)25-2)15(21)18(24)26-3/h4-10H,1-3H3,(H,20,22). The highest BCUT2D eigenvalue weighted by Crippen LogP contribution is 2.29. The molecule has 1 heterocycles. The second kappa shape index (κ2) is 8.11. The quantitative estimate of drug-likeness (QED) is 0.823. The van der Waals surface area contributed by atoms with Crippen LogP contribution < -0.4 is 10.2 Å². The van der Waals surface area contributed by atoms with Crippen LogP contribution in [0.1, 0.15) is 10.4 Å². The van der Waals surface area contributed by atoms with Crippen molar-refractivity contribution in [2.45, 2.75) is 0 Å². The summed E-state index contributed by atoms with van der Waals surface area (Å²) in [5.41, 5.74) is -0.239. The van der Waals surface area contributed by atoms with Crippen LogP contribution in [0, 0.1) is 5.82 Å². The lowest BCUT2D eigenvalue weighted by molar-refractivity contribution is -0.139. The number of carbonyl (C=O) groups is 3. The summed E-state index contributed by atoms with van der Waals surface area (Å²) in [4.78, 5) is 37.2. The van der Waals surface area contributed by atoms with Crippen LogP contribution in [0.4, 0.5) is 10.1 Å². The van der Waals surface area contributed by atoms with Gasteiger partial charge in [-0.05, 0) is 30.4 Å². The van der Waals surface area contributed by atoms with E-state index in [1.165, 1.54) is 55.6 Å². The molecule has 0 aliphatic carbocycles. The summed E-state index contributed by atoms with van der Waals surface area (Å²) < 4.78 is 24.1. The third-order valence-corrected chi connectivity index (χ3v) is 3.59. The van der Waals surface area contributed by atoms with Crippen LogP contribution in [0.15, 0.2) is 53.9 Å². The van der Waals surface area contributed by atoms with Crippen molar-refractivity contribution < 1.29 is 28.2 Å². The van der Waals surface area contributed by atoms with Crippen molar-refractivity contribution in [3.8, 4) is 0 Å². The first-order chi connectivity index (χ1) is 12.4. The van der Waals surface area contributed by atoms with E-state index < -0.39 is 23.7 Å². The predicted octanol–water partition coefficient (Wildman–Crippen LogP) is 1.68. The number of hydrogen-bond acceptors (Lipinski definition) is 6. The zero-order chi connectivity index (χ0) is 19.3. The van der Waals surface area contributed by atoms with Crippen molar-refractivity contribution in [1.82, 2.24) is 5.32 Å². The maximum absolute atomic E-state index is 14.6. The monoisotopic (exact) mass is 360 g/mol. The maximum atomic E-state index is 14.6. The second-order valence-electron chi connectivity index (χ2n) is 5.06. The third-order valence-electron chi connectivity index (χ3n) is 3.59. The number of benzene rings is 1. The van der Waals surface area contributed by atoms with Crippen LogP contribution >= 0.6 is 0 Å². The minimum atomic E-state index is -0.851. The first kappa shape index (κ1) is 18.9. The second-order valence-corrected chi connectivity index (χ2v) is 5.06. The van der Waals surface area contributed by atoms with Gasteiger partial charge in [0.2, 0.25) is 0 Å². The number of amides is 1. The van der Waals surface area contributed by atoms with E-state index in [0.717, 1.165) is 13.2 Å². The number of hydrogen-bond donors (Lipinski definition) is 1. The molecule has 1 aliphatic heterocycles. The van der Waals surface area contributed by atoms with Gasteiger partial charge in [-0.2, -0.15) is 0 Å². The lowest BCUT2D eigenvalue weighted by atomic mass is 10.1. The Labute approximate surface area is 149 Å². The summed E-state index contributed by atoms with van der Waals surface area (Å²) in [5.74, 6) is -2.85. The minimum absolute atomic E-state index is 0.0422. The molecule has 1 aromatic carbocycles. The highest BCUT2D eigenvalue weighted by molar-refractivity contribution is 6.05. The number of allylic oxidation sites excluding steroid dienone is 2. The van der Waals surface area contributed by atoms with Gasteiger partial charge in [-0.1, -0.05) is 6.08 Å². The average Bonchev–Trinajstić information content (AvgIpc) is 2.88. The number of halogens is 1. The largest absolute Gasteiger partial charge is 0.465 e. The molecule has 0 atom stereocenters. The Hall–Kier alpha value is -3.42. The Morgan fingerprint density at radius 3 is 2.35 bits per heavy atom. The molecule has 0 saturated carbocycles. The molecule has 8 heteroatoms. The van der Waals surface area contributed by atoms with Gasteiger partial charge in [-0.3, -0.25) is 4.79 Å². The van der Waals surface area contributed by atoms with E-state index in [4.69, 9.17) is 9.47 Å². The van der Waals surface area contributed by atoms with E-state index in [-0.39, 0.29) is 22.5 Å². The number of rotatable bonds is 4. The number of carbonyl (C=O) groups excluding carboxylic acids is 3. The number of nitrogens with zero attached hydrogens (tertiary/aromatic N) is 1. The molecule has 136 valence electrons. The van der Waals surface area contributed by atoms with Gasteiger partial charge in [0.15, 0.2) is 0 Å². The number of methoxy groups -OCH3 is 2. The minimum Gasteiger partial charge on any atom is -0.465 e.